The summed E-state index contributed by atoms with van der Waals surface area (Å²) in [5, 5.41) is 12.8. The van der Waals surface area contributed by atoms with E-state index in [1.54, 1.807) is 6.92 Å². The maximum atomic E-state index is 13.5. The number of ether oxygens (including phenoxy) is 1. The number of carbonyl (C=O) groups is 3. The lowest BCUT2D eigenvalue weighted by Crippen LogP contribution is -2.30. The third-order valence-electron chi connectivity index (χ3n) is 5.24. The Kier molecular flexibility index (Phi) is 6.33. The molecule has 2 aromatic carbocycles. The van der Waals surface area contributed by atoms with Crippen molar-refractivity contribution in [3.05, 3.63) is 52.6 Å². The standard InChI is InChI=1S/C22H23F5N4O4S/c1-4-35-20-7-14-10-31(21(28)17(14)9-18(20)22(34)29-3)11-19(33)13-5-15(30-12(2)32)8-16(6-13)36(23,24,25,26)27/h5-9,28H,4,10-11H2,1-3H3,(H,29,34)(H,30,32). The third kappa shape index (κ3) is 5.75. The molecule has 0 aliphatic carbocycles. The first-order valence-electron chi connectivity index (χ1n) is 10.5. The number of anilines is 1. The molecule has 36 heavy (non-hydrogen) atoms. The number of benzene rings is 2. The number of amidine groups is 1. The van der Waals surface area contributed by atoms with E-state index >= 15 is 0 Å². The summed E-state index contributed by atoms with van der Waals surface area (Å²) >= 11 is 0. The fourth-order valence-electron chi connectivity index (χ4n) is 3.67. The van der Waals surface area contributed by atoms with E-state index in [9.17, 15) is 33.8 Å². The van der Waals surface area contributed by atoms with E-state index < -0.39 is 50.5 Å². The Morgan fingerprint density at radius 2 is 1.75 bits per heavy atom. The largest absolute Gasteiger partial charge is 0.493 e. The van der Waals surface area contributed by atoms with E-state index in [0.29, 0.717) is 11.1 Å². The highest BCUT2D eigenvalue weighted by atomic mass is 32.5. The number of amides is 2. The van der Waals surface area contributed by atoms with Crippen molar-refractivity contribution in [2.45, 2.75) is 25.3 Å². The SMILES string of the molecule is CCOc1cc2c(cc1C(=O)NC)C(=N)N(CC(=O)c1cc(NC(C)=O)cc(S(F)(F)(F)(F)F)c1)C2. The lowest BCUT2D eigenvalue weighted by atomic mass is 10.0. The summed E-state index contributed by atoms with van der Waals surface area (Å²) in [4.78, 5) is 35.3. The summed E-state index contributed by atoms with van der Waals surface area (Å²) in [7, 11) is -8.76. The second-order valence-corrected chi connectivity index (χ2v) is 10.5. The Morgan fingerprint density at radius 1 is 1.08 bits per heavy atom. The molecule has 0 radical (unpaired) electrons. The number of nitrogens with zero attached hydrogens (tertiary/aromatic N) is 1. The van der Waals surface area contributed by atoms with Gasteiger partial charge in [0.15, 0.2) is 5.78 Å². The average Bonchev–Trinajstić information content (AvgIpc) is 3.05. The monoisotopic (exact) mass is 534 g/mol. The molecule has 0 saturated heterocycles. The molecule has 0 saturated carbocycles. The zero-order chi connectivity index (χ0) is 27.1. The summed E-state index contributed by atoms with van der Waals surface area (Å²) in [6.07, 6.45) is 0. The van der Waals surface area contributed by atoms with Gasteiger partial charge in [-0.3, -0.25) is 19.8 Å². The molecule has 0 aromatic heterocycles. The molecule has 2 amide bonds. The van der Waals surface area contributed by atoms with Crippen molar-refractivity contribution in [1.29, 1.82) is 5.41 Å². The maximum absolute atomic E-state index is 13.5. The van der Waals surface area contributed by atoms with Gasteiger partial charge in [0.05, 0.1) is 18.7 Å². The van der Waals surface area contributed by atoms with Crippen molar-refractivity contribution in [1.82, 2.24) is 10.2 Å². The smallest absolute Gasteiger partial charge is 0.310 e. The Morgan fingerprint density at radius 3 is 2.31 bits per heavy atom. The fraction of sp³-hybridized carbons (Fsp3) is 0.273. The Labute approximate surface area is 203 Å². The minimum Gasteiger partial charge on any atom is -0.493 e. The van der Waals surface area contributed by atoms with Crippen LogP contribution in [-0.4, -0.2) is 48.5 Å². The first kappa shape index (κ1) is 26.9. The van der Waals surface area contributed by atoms with Gasteiger partial charge in [0.1, 0.15) is 16.5 Å². The summed E-state index contributed by atoms with van der Waals surface area (Å²) in [5.74, 6) is -2.21. The van der Waals surface area contributed by atoms with E-state index in [1.807, 2.05) is 5.32 Å². The van der Waals surface area contributed by atoms with Crippen LogP contribution in [-0.2, 0) is 11.3 Å². The zero-order valence-corrected chi connectivity index (χ0v) is 20.2. The second kappa shape index (κ2) is 8.47. The van der Waals surface area contributed by atoms with Crippen LogP contribution in [0.2, 0.25) is 0 Å². The lowest BCUT2D eigenvalue weighted by molar-refractivity contribution is -0.114. The number of hydrogen-bond acceptors (Lipinski definition) is 5. The second-order valence-electron chi connectivity index (χ2n) is 8.04. The van der Waals surface area contributed by atoms with Crippen LogP contribution in [0.5, 0.6) is 5.75 Å². The van der Waals surface area contributed by atoms with Gasteiger partial charge in [0.25, 0.3) is 5.91 Å². The van der Waals surface area contributed by atoms with Gasteiger partial charge < -0.3 is 20.3 Å². The van der Waals surface area contributed by atoms with Crippen molar-refractivity contribution >= 4 is 39.3 Å². The van der Waals surface area contributed by atoms with Crippen LogP contribution in [0.25, 0.3) is 0 Å². The predicted octanol–water partition coefficient (Wildman–Crippen LogP) is 5.08. The number of Topliss-reactive ketones (excluding diaryl/α,β-unsaturated/α-hetero) is 1. The van der Waals surface area contributed by atoms with Crippen LogP contribution in [0.3, 0.4) is 0 Å². The molecule has 196 valence electrons. The Balaban J connectivity index is 1.95. The number of halogens is 5. The van der Waals surface area contributed by atoms with Crippen molar-refractivity contribution in [3.8, 4) is 5.75 Å². The molecule has 1 aliphatic heterocycles. The molecule has 0 spiro atoms. The molecule has 2 aromatic rings. The molecule has 0 unspecified atom stereocenters. The zero-order valence-electron chi connectivity index (χ0n) is 19.4. The summed E-state index contributed by atoms with van der Waals surface area (Å²) in [5.41, 5.74) is -0.338. The Bertz CT molecular complexity index is 1300. The van der Waals surface area contributed by atoms with Crippen molar-refractivity contribution in [3.63, 3.8) is 0 Å². The molecule has 1 aliphatic rings. The molecule has 0 fully saturated rings. The van der Waals surface area contributed by atoms with Gasteiger partial charge in [-0.15, -0.1) is 0 Å². The predicted molar refractivity (Wildman–Crippen MR) is 125 cm³/mol. The van der Waals surface area contributed by atoms with Gasteiger partial charge in [0, 0.05) is 37.3 Å². The number of ketones is 1. The highest BCUT2D eigenvalue weighted by Gasteiger charge is 2.65. The quantitative estimate of drug-likeness (QED) is 0.323. The minimum atomic E-state index is -10.2. The molecular weight excluding hydrogens is 511 g/mol. The molecule has 3 N–H and O–H groups in total. The van der Waals surface area contributed by atoms with Crippen LogP contribution in [0.4, 0.5) is 25.1 Å². The fourth-order valence-corrected chi connectivity index (χ4v) is 4.37. The summed E-state index contributed by atoms with van der Waals surface area (Å²) in [6.45, 7) is 2.31. The summed E-state index contributed by atoms with van der Waals surface area (Å²) < 4.78 is 72.9. The van der Waals surface area contributed by atoms with Gasteiger partial charge >= 0.3 is 10.2 Å². The Hall–Kier alpha value is -3.68. The number of rotatable bonds is 8. The van der Waals surface area contributed by atoms with Crippen LogP contribution in [0.15, 0.2) is 35.2 Å². The van der Waals surface area contributed by atoms with Gasteiger partial charge in [-0.1, -0.05) is 19.4 Å². The average molecular weight is 535 g/mol. The van der Waals surface area contributed by atoms with Crippen molar-refractivity contribution in [2.75, 3.05) is 25.5 Å². The van der Waals surface area contributed by atoms with E-state index in [1.165, 1.54) is 24.1 Å². The molecule has 0 atom stereocenters. The van der Waals surface area contributed by atoms with Gasteiger partial charge in [-0.2, -0.15) is 0 Å². The van der Waals surface area contributed by atoms with E-state index in [-0.39, 0.29) is 42.4 Å². The number of nitrogens with one attached hydrogen (secondary N) is 3. The van der Waals surface area contributed by atoms with Crippen molar-refractivity contribution < 1.29 is 38.5 Å². The first-order chi connectivity index (χ1) is 16.4. The van der Waals surface area contributed by atoms with Gasteiger partial charge in [0.2, 0.25) is 5.91 Å². The number of hydrogen-bond donors (Lipinski definition) is 3. The number of carbonyl (C=O) groups excluding carboxylic acids is 3. The lowest BCUT2D eigenvalue weighted by Gasteiger charge is -2.40. The minimum absolute atomic E-state index is 0.00615. The highest BCUT2D eigenvalue weighted by Crippen LogP contribution is 3.02. The molecule has 0 bridgehead atoms. The third-order valence-corrected chi connectivity index (χ3v) is 6.36. The van der Waals surface area contributed by atoms with Gasteiger partial charge in [-0.05, 0) is 42.8 Å². The molecular formula is C22H23F5N4O4S. The van der Waals surface area contributed by atoms with Crippen LogP contribution >= 0.6 is 10.2 Å². The maximum Gasteiger partial charge on any atom is 0.310 e. The first-order valence-corrected chi connectivity index (χ1v) is 12.4. The van der Waals surface area contributed by atoms with E-state index in [4.69, 9.17) is 10.1 Å². The molecule has 1 heterocycles. The van der Waals surface area contributed by atoms with Crippen molar-refractivity contribution in [2.24, 2.45) is 0 Å². The van der Waals surface area contributed by atoms with Crippen LogP contribution in [0.1, 0.15) is 45.7 Å². The topological polar surface area (TPSA) is 112 Å². The van der Waals surface area contributed by atoms with Crippen LogP contribution in [0, 0.1) is 5.41 Å². The highest BCUT2D eigenvalue weighted by molar-refractivity contribution is 8.45. The van der Waals surface area contributed by atoms with Crippen LogP contribution < -0.4 is 15.4 Å². The van der Waals surface area contributed by atoms with E-state index in [0.717, 1.165) is 13.0 Å². The molecule has 14 heteroatoms. The normalized spacial score (nSPS) is 15.0. The molecule has 8 nitrogen and oxygen atoms in total. The molecule has 3 rings (SSSR count). The summed E-state index contributed by atoms with van der Waals surface area (Å²) in [6, 6.07) is 3.92. The van der Waals surface area contributed by atoms with E-state index in [2.05, 4.69) is 5.32 Å². The van der Waals surface area contributed by atoms with Gasteiger partial charge in [-0.25, -0.2) is 0 Å². The number of fused-ring (bicyclic) bond motifs is 1.